The molecule has 1 atom stereocenters. The molecular weight excluding hydrogens is 264 g/mol. The van der Waals surface area contributed by atoms with Crippen molar-refractivity contribution in [3.05, 3.63) is 69.8 Å². The van der Waals surface area contributed by atoms with Gasteiger partial charge in [-0.3, -0.25) is 0 Å². The minimum atomic E-state index is 0.386. The first-order valence-electron chi connectivity index (χ1n) is 7.20. The summed E-state index contributed by atoms with van der Waals surface area (Å²) in [5.41, 5.74) is 8.17. The third kappa shape index (κ3) is 3.43. The lowest BCUT2D eigenvalue weighted by atomic mass is 9.88. The van der Waals surface area contributed by atoms with Crippen molar-refractivity contribution >= 4 is 11.6 Å². The van der Waals surface area contributed by atoms with Crippen molar-refractivity contribution in [1.29, 1.82) is 0 Å². The highest BCUT2D eigenvalue weighted by Gasteiger charge is 2.14. The van der Waals surface area contributed by atoms with Crippen LogP contribution in [0.3, 0.4) is 0 Å². The minimum Gasteiger partial charge on any atom is -0.126 e. The highest BCUT2D eigenvalue weighted by Crippen LogP contribution is 2.27. The first kappa shape index (κ1) is 15.1. The maximum absolute atomic E-state index is 6.23. The third-order valence-electron chi connectivity index (χ3n) is 4.03. The standard InChI is InChI=1S/C19H23Cl/c1-13-5-7-17(8-6-13)18(12-20)11-19-15(3)9-14(2)10-16(19)4/h5-10,18H,11-12H2,1-4H3. The van der Waals surface area contributed by atoms with Gasteiger partial charge in [0.25, 0.3) is 0 Å². The molecule has 0 saturated heterocycles. The van der Waals surface area contributed by atoms with E-state index in [4.69, 9.17) is 11.6 Å². The number of halogens is 1. The summed E-state index contributed by atoms with van der Waals surface area (Å²) in [6, 6.07) is 13.3. The Bertz CT molecular complexity index is 558. The fraction of sp³-hybridized carbons (Fsp3) is 0.368. The SMILES string of the molecule is Cc1ccc(C(CCl)Cc2c(C)cc(C)cc2C)cc1. The minimum absolute atomic E-state index is 0.386. The first-order valence-corrected chi connectivity index (χ1v) is 7.74. The molecule has 20 heavy (non-hydrogen) atoms. The molecule has 0 spiro atoms. The van der Waals surface area contributed by atoms with Crippen molar-refractivity contribution in [3.63, 3.8) is 0 Å². The maximum atomic E-state index is 6.23. The first-order chi connectivity index (χ1) is 9.51. The van der Waals surface area contributed by atoms with Gasteiger partial charge >= 0.3 is 0 Å². The summed E-state index contributed by atoms with van der Waals surface area (Å²) in [5, 5.41) is 0. The molecule has 0 bridgehead atoms. The highest BCUT2D eigenvalue weighted by atomic mass is 35.5. The third-order valence-corrected chi connectivity index (χ3v) is 4.40. The fourth-order valence-corrected chi connectivity index (χ4v) is 3.17. The molecule has 0 amide bonds. The monoisotopic (exact) mass is 286 g/mol. The van der Waals surface area contributed by atoms with E-state index in [9.17, 15) is 0 Å². The number of hydrogen-bond donors (Lipinski definition) is 0. The summed E-state index contributed by atoms with van der Waals surface area (Å²) in [6.45, 7) is 8.68. The Morgan fingerprint density at radius 1 is 0.850 bits per heavy atom. The van der Waals surface area contributed by atoms with E-state index in [0.29, 0.717) is 11.8 Å². The van der Waals surface area contributed by atoms with Crippen LogP contribution >= 0.6 is 11.6 Å². The van der Waals surface area contributed by atoms with Gasteiger partial charge in [-0.15, -0.1) is 11.6 Å². The second-order valence-corrected chi connectivity index (χ2v) is 6.15. The van der Waals surface area contributed by atoms with Crippen LogP contribution in [0.4, 0.5) is 0 Å². The molecule has 0 radical (unpaired) electrons. The van der Waals surface area contributed by atoms with E-state index in [1.165, 1.54) is 33.4 Å². The molecule has 106 valence electrons. The van der Waals surface area contributed by atoms with Crippen LogP contribution in [-0.4, -0.2) is 5.88 Å². The quantitative estimate of drug-likeness (QED) is 0.652. The van der Waals surface area contributed by atoms with Gasteiger partial charge in [-0.2, -0.15) is 0 Å². The summed E-state index contributed by atoms with van der Waals surface area (Å²) in [6.07, 6.45) is 1.02. The number of rotatable bonds is 4. The maximum Gasteiger partial charge on any atom is 0.0295 e. The predicted molar refractivity (Wildman–Crippen MR) is 89.0 cm³/mol. The summed E-state index contributed by atoms with van der Waals surface area (Å²) < 4.78 is 0. The smallest absolute Gasteiger partial charge is 0.0295 e. The molecule has 0 aliphatic rings. The molecule has 1 heteroatoms. The van der Waals surface area contributed by atoms with E-state index in [1.807, 2.05) is 0 Å². The van der Waals surface area contributed by atoms with Crippen LogP contribution in [0.15, 0.2) is 36.4 Å². The Labute approximate surface area is 127 Å². The number of hydrogen-bond acceptors (Lipinski definition) is 0. The van der Waals surface area contributed by atoms with Crippen LogP contribution in [0.1, 0.15) is 39.3 Å². The molecule has 0 aliphatic heterocycles. The largest absolute Gasteiger partial charge is 0.126 e. The lowest BCUT2D eigenvalue weighted by Gasteiger charge is -2.18. The Kier molecular flexibility index (Phi) is 4.88. The lowest BCUT2D eigenvalue weighted by molar-refractivity contribution is 0.757. The van der Waals surface area contributed by atoms with E-state index < -0.39 is 0 Å². The summed E-state index contributed by atoms with van der Waals surface area (Å²) in [4.78, 5) is 0. The van der Waals surface area contributed by atoms with Gasteiger partial charge in [-0.1, -0.05) is 47.5 Å². The van der Waals surface area contributed by atoms with E-state index in [2.05, 4.69) is 64.1 Å². The molecule has 0 fully saturated rings. The van der Waals surface area contributed by atoms with Crippen molar-refractivity contribution in [1.82, 2.24) is 0 Å². The van der Waals surface area contributed by atoms with Gasteiger partial charge in [0.05, 0.1) is 0 Å². The lowest BCUT2D eigenvalue weighted by Crippen LogP contribution is -2.07. The van der Waals surface area contributed by atoms with Crippen molar-refractivity contribution in [2.75, 3.05) is 5.88 Å². The highest BCUT2D eigenvalue weighted by molar-refractivity contribution is 6.18. The number of aryl methyl sites for hydroxylation is 4. The topological polar surface area (TPSA) is 0 Å². The van der Waals surface area contributed by atoms with Crippen molar-refractivity contribution < 1.29 is 0 Å². The van der Waals surface area contributed by atoms with Crippen LogP contribution in [-0.2, 0) is 6.42 Å². The number of benzene rings is 2. The van der Waals surface area contributed by atoms with E-state index in [-0.39, 0.29) is 0 Å². The molecule has 2 aromatic carbocycles. The predicted octanol–water partition coefficient (Wildman–Crippen LogP) is 5.49. The Balaban J connectivity index is 2.29. The summed E-state index contributed by atoms with van der Waals surface area (Å²) in [5.74, 6) is 1.05. The van der Waals surface area contributed by atoms with Crippen molar-refractivity contribution in [3.8, 4) is 0 Å². The Morgan fingerprint density at radius 3 is 1.90 bits per heavy atom. The van der Waals surface area contributed by atoms with Gasteiger partial charge in [-0.25, -0.2) is 0 Å². The molecule has 0 saturated carbocycles. The molecule has 2 rings (SSSR count). The fourth-order valence-electron chi connectivity index (χ4n) is 2.88. The van der Waals surface area contributed by atoms with Gasteiger partial charge in [0.2, 0.25) is 0 Å². The summed E-state index contributed by atoms with van der Waals surface area (Å²) in [7, 11) is 0. The van der Waals surface area contributed by atoms with Gasteiger partial charge in [-0.05, 0) is 56.4 Å². The molecule has 2 aromatic rings. The van der Waals surface area contributed by atoms with E-state index in [1.54, 1.807) is 0 Å². The van der Waals surface area contributed by atoms with Gasteiger partial charge < -0.3 is 0 Å². The van der Waals surface area contributed by atoms with Crippen LogP contribution in [0.2, 0.25) is 0 Å². The van der Waals surface area contributed by atoms with Crippen molar-refractivity contribution in [2.45, 2.75) is 40.0 Å². The average Bonchev–Trinajstić information content (AvgIpc) is 2.39. The molecule has 0 nitrogen and oxygen atoms in total. The normalized spacial score (nSPS) is 12.4. The zero-order valence-corrected chi connectivity index (χ0v) is 13.6. The van der Waals surface area contributed by atoms with Crippen LogP contribution < -0.4 is 0 Å². The second-order valence-electron chi connectivity index (χ2n) is 5.84. The van der Waals surface area contributed by atoms with Crippen LogP contribution in [0.5, 0.6) is 0 Å². The molecule has 0 aromatic heterocycles. The van der Waals surface area contributed by atoms with Crippen LogP contribution in [0.25, 0.3) is 0 Å². The number of alkyl halides is 1. The van der Waals surface area contributed by atoms with Crippen molar-refractivity contribution in [2.24, 2.45) is 0 Å². The van der Waals surface area contributed by atoms with Gasteiger partial charge in [0.1, 0.15) is 0 Å². The van der Waals surface area contributed by atoms with E-state index in [0.717, 1.165) is 6.42 Å². The molecule has 1 unspecified atom stereocenters. The molecule has 0 heterocycles. The Hall–Kier alpha value is -1.27. The average molecular weight is 287 g/mol. The Morgan fingerprint density at radius 2 is 1.40 bits per heavy atom. The van der Waals surface area contributed by atoms with Gasteiger partial charge in [0.15, 0.2) is 0 Å². The van der Waals surface area contributed by atoms with Crippen LogP contribution in [0, 0.1) is 27.7 Å². The second kappa shape index (κ2) is 6.45. The molecule has 0 aliphatic carbocycles. The van der Waals surface area contributed by atoms with Gasteiger partial charge in [0, 0.05) is 11.8 Å². The summed E-state index contributed by atoms with van der Waals surface area (Å²) >= 11 is 6.23. The zero-order chi connectivity index (χ0) is 14.7. The van der Waals surface area contributed by atoms with E-state index >= 15 is 0 Å². The molecule has 0 N–H and O–H groups in total. The zero-order valence-electron chi connectivity index (χ0n) is 12.8. The molecular formula is C19H23Cl.